The summed E-state index contributed by atoms with van der Waals surface area (Å²) >= 11 is 1.89. The molecule has 2 aliphatic rings. The molecule has 0 fully saturated rings. The Labute approximate surface area is 741 Å². The largest absolute Gasteiger partial charge is 0.456 e. The van der Waals surface area contributed by atoms with Crippen LogP contribution in [-0.2, 0) is 0 Å². The second-order valence-corrected chi connectivity index (χ2v) is 35.7. The van der Waals surface area contributed by atoms with Crippen molar-refractivity contribution in [2.75, 3.05) is 0 Å². The summed E-state index contributed by atoms with van der Waals surface area (Å²) in [6.45, 7) is 0. The Morgan fingerprint density at radius 2 is 0.597 bits per heavy atom. The lowest BCUT2D eigenvalue weighted by atomic mass is 9.93. The minimum absolute atomic E-state index is 0.917. The van der Waals surface area contributed by atoms with E-state index < -0.39 is 0 Å². The number of hydrogen-bond donors (Lipinski definition) is 0. The zero-order chi connectivity index (χ0) is 84.0. The lowest BCUT2D eigenvalue weighted by Crippen LogP contribution is -1.95. The lowest BCUT2D eigenvalue weighted by Gasteiger charge is -2.14. The fourth-order valence-electron chi connectivity index (χ4n) is 22.8. The number of aromatic nitrogens is 4. The fraction of sp³-hybridized carbons (Fsp3) is 0. The minimum Gasteiger partial charge on any atom is -0.456 e. The Bertz CT molecular complexity index is 9930. The van der Waals surface area contributed by atoms with Crippen LogP contribution in [0.15, 0.2) is 433 Å². The van der Waals surface area contributed by atoms with Crippen molar-refractivity contribution in [2.24, 2.45) is 0 Å². The predicted molar refractivity (Wildman–Crippen MR) is 545 cm³/mol. The standard InChI is InChI=1S/C42H24N2O.C40H23NO.C40H23NS/c1-4-18-34-28(12-1)31-16-9-20-36-39(31)40-37(23-22-32-29-13-2-5-19-35(29)44(34)41(32)40)43(36)26-11-7-10-25(24-26)27-15-8-17-33-30-14-3-6-21-38(30)45-42(27)33;1-2-13-29-28(12-1)30-16-6-9-24-21-22-34-40(37(24)30)39-31(29)17-7-18-33(39)41(34)26-11-5-10-25(23-26)27-15-8-20-36-38(27)32-14-3-4-19-35(32)42-36;1-2-10-29-28(9-1)31-13-5-8-25-20-23-35-39(37(25)31)38-32(29)14-7-16-34(38)41(35)26-21-18-24(19-22-26)27-12-6-15-33-30-11-3-4-17-36(30)42-40(27)33/h1-24H;2*1-23H. The summed E-state index contributed by atoms with van der Waals surface area (Å²) in [5.74, 6) is 0. The number of para-hydroxylation sites is 5. The number of furan rings is 2. The Morgan fingerprint density at radius 1 is 0.186 bits per heavy atom. The van der Waals surface area contributed by atoms with Crippen molar-refractivity contribution in [3.8, 4) is 95.0 Å². The van der Waals surface area contributed by atoms with Gasteiger partial charge in [-0.25, -0.2) is 0 Å². The van der Waals surface area contributed by atoms with E-state index in [0.717, 1.165) is 66.4 Å². The van der Waals surface area contributed by atoms with Gasteiger partial charge in [0.2, 0.25) is 0 Å². The molecule has 129 heavy (non-hydrogen) atoms. The van der Waals surface area contributed by atoms with Crippen LogP contribution >= 0.6 is 11.3 Å². The molecule has 29 aromatic rings. The van der Waals surface area contributed by atoms with E-state index in [1.54, 1.807) is 0 Å². The highest BCUT2D eigenvalue weighted by atomic mass is 32.1. The van der Waals surface area contributed by atoms with Gasteiger partial charge in [-0.05, 0) is 208 Å². The molecule has 0 aliphatic heterocycles. The third kappa shape index (κ3) is 9.93. The predicted octanol–water partition coefficient (Wildman–Crippen LogP) is 34.3. The molecular weight excluding hydrogens is 1590 g/mol. The summed E-state index contributed by atoms with van der Waals surface area (Å²) in [4.78, 5) is 0. The molecule has 0 bridgehead atoms. The fourth-order valence-corrected chi connectivity index (χ4v) is 24.1. The van der Waals surface area contributed by atoms with Gasteiger partial charge in [-0.1, -0.05) is 315 Å². The molecular formula is C122H70N4O2S. The minimum atomic E-state index is 0.917. The van der Waals surface area contributed by atoms with Gasteiger partial charge in [-0.3, -0.25) is 0 Å². The monoisotopic (exact) mass is 1650 g/mol. The summed E-state index contributed by atoms with van der Waals surface area (Å²) in [5.41, 5.74) is 35.8. The molecule has 0 unspecified atom stereocenters. The van der Waals surface area contributed by atoms with Gasteiger partial charge < -0.3 is 26.9 Å². The van der Waals surface area contributed by atoms with Gasteiger partial charge in [-0.15, -0.1) is 11.3 Å². The Morgan fingerprint density at radius 3 is 1.24 bits per heavy atom. The maximum Gasteiger partial charge on any atom is 0.143 e. The van der Waals surface area contributed by atoms with Crippen LogP contribution in [-0.4, -0.2) is 18.1 Å². The molecule has 2 aliphatic carbocycles. The molecule has 6 nitrogen and oxygen atoms in total. The van der Waals surface area contributed by atoms with Crippen molar-refractivity contribution in [3.05, 3.63) is 425 Å². The van der Waals surface area contributed by atoms with Crippen molar-refractivity contribution in [1.29, 1.82) is 0 Å². The molecule has 0 N–H and O–H groups in total. The summed E-state index contributed by atoms with van der Waals surface area (Å²) < 4.78 is 25.2. The first-order valence-corrected chi connectivity index (χ1v) is 45.2. The van der Waals surface area contributed by atoms with Crippen molar-refractivity contribution in [2.45, 2.75) is 0 Å². The van der Waals surface area contributed by atoms with Crippen molar-refractivity contribution >= 4 is 200 Å². The maximum atomic E-state index is 6.45. The third-order valence-electron chi connectivity index (χ3n) is 28.1. The average Bonchev–Trinajstić information content (AvgIpc) is 1.52. The highest BCUT2D eigenvalue weighted by Gasteiger charge is 2.30. The molecule has 8 aromatic heterocycles. The summed E-state index contributed by atoms with van der Waals surface area (Å²) in [6, 6.07) is 155. The summed E-state index contributed by atoms with van der Waals surface area (Å²) in [7, 11) is 0. The van der Waals surface area contributed by atoms with Crippen LogP contribution in [0.25, 0.3) is 284 Å². The lowest BCUT2D eigenvalue weighted by molar-refractivity contribution is 0.669. The van der Waals surface area contributed by atoms with Gasteiger partial charge in [0.15, 0.2) is 0 Å². The van der Waals surface area contributed by atoms with Gasteiger partial charge in [0.05, 0.1) is 49.7 Å². The first-order valence-electron chi connectivity index (χ1n) is 44.3. The van der Waals surface area contributed by atoms with E-state index >= 15 is 0 Å². The molecule has 0 amide bonds. The molecule has 596 valence electrons. The molecule has 21 aromatic carbocycles. The molecule has 8 heterocycles. The molecule has 0 saturated carbocycles. The normalized spacial score (nSPS) is 12.3. The van der Waals surface area contributed by atoms with E-state index in [9.17, 15) is 0 Å². The van der Waals surface area contributed by atoms with Crippen LogP contribution in [0, 0.1) is 0 Å². The number of benzene rings is 21. The highest BCUT2D eigenvalue weighted by molar-refractivity contribution is 7.26. The molecule has 0 radical (unpaired) electrons. The van der Waals surface area contributed by atoms with Gasteiger partial charge in [0.1, 0.15) is 22.3 Å². The smallest absolute Gasteiger partial charge is 0.143 e. The number of rotatable bonds is 6. The zero-order valence-electron chi connectivity index (χ0n) is 69.4. The van der Waals surface area contributed by atoms with Crippen LogP contribution in [0.1, 0.15) is 0 Å². The first kappa shape index (κ1) is 70.5. The van der Waals surface area contributed by atoms with Gasteiger partial charge >= 0.3 is 0 Å². The zero-order valence-corrected chi connectivity index (χ0v) is 70.2. The third-order valence-corrected chi connectivity index (χ3v) is 29.3. The van der Waals surface area contributed by atoms with Crippen molar-refractivity contribution in [3.63, 3.8) is 0 Å². The number of fused-ring (bicyclic) bond motifs is 21. The SMILES string of the molecule is c1cc(-c2cccc3c2oc2ccccc23)cc(-n2c3cccc4c5ccccc5n5c6ccccc6c6ccc2c(c43)c65)c1.c1cc(-c2cccc3oc4ccccc4c23)cc(-n2c3cccc4c3c3c5c(cccc5ccc32)-c2ccccc2-4)c1.c1ccc2c(c1)-c1cccc3ccc4c(c13)c1c-2cccc1n4-c1ccc(-c2cccc3c2sc2ccccc23)cc1. The van der Waals surface area contributed by atoms with E-state index in [1.165, 1.54) is 218 Å². The van der Waals surface area contributed by atoms with E-state index in [-0.39, 0.29) is 0 Å². The topological polar surface area (TPSA) is 45.5 Å². The maximum absolute atomic E-state index is 6.45. The molecule has 0 atom stereocenters. The Hall–Kier alpha value is -16.8. The quantitative estimate of drug-likeness (QED) is 0.167. The number of thiophene rings is 1. The number of nitrogens with zero attached hydrogens (tertiary/aromatic N) is 4. The van der Waals surface area contributed by atoms with Gasteiger partial charge in [0, 0.05) is 113 Å². The van der Waals surface area contributed by atoms with Crippen LogP contribution in [0.5, 0.6) is 0 Å². The summed E-state index contributed by atoms with van der Waals surface area (Å²) in [6.07, 6.45) is 0. The highest BCUT2D eigenvalue weighted by Crippen LogP contribution is 2.55. The van der Waals surface area contributed by atoms with E-state index in [2.05, 4.69) is 418 Å². The second kappa shape index (κ2) is 26.8. The van der Waals surface area contributed by atoms with Gasteiger partial charge in [-0.2, -0.15) is 0 Å². The molecule has 0 spiro atoms. The summed E-state index contributed by atoms with van der Waals surface area (Å²) in [5, 5.41) is 25.6. The van der Waals surface area contributed by atoms with E-state index in [0.29, 0.717) is 0 Å². The van der Waals surface area contributed by atoms with Gasteiger partial charge in [0.25, 0.3) is 0 Å². The van der Waals surface area contributed by atoms with Crippen LogP contribution in [0.4, 0.5) is 0 Å². The number of hydrogen-bond acceptors (Lipinski definition) is 3. The Kier molecular flexibility index (Phi) is 14.7. The molecule has 0 saturated heterocycles. The van der Waals surface area contributed by atoms with Crippen molar-refractivity contribution < 1.29 is 8.83 Å². The van der Waals surface area contributed by atoms with Crippen LogP contribution in [0.2, 0.25) is 0 Å². The molecule has 31 rings (SSSR count). The van der Waals surface area contributed by atoms with Crippen molar-refractivity contribution in [1.82, 2.24) is 18.1 Å². The van der Waals surface area contributed by atoms with E-state index in [4.69, 9.17) is 8.83 Å². The average molecular weight is 1660 g/mol. The van der Waals surface area contributed by atoms with Crippen LogP contribution < -0.4 is 0 Å². The van der Waals surface area contributed by atoms with Crippen LogP contribution in [0.3, 0.4) is 0 Å². The first-order chi connectivity index (χ1) is 64.0. The molecule has 7 heteroatoms. The Balaban J connectivity index is 0.0000000956. The second-order valence-electron chi connectivity index (χ2n) is 34.6. The van der Waals surface area contributed by atoms with E-state index in [1.807, 2.05) is 35.6 Å².